The van der Waals surface area contributed by atoms with E-state index in [4.69, 9.17) is 0 Å². The van der Waals surface area contributed by atoms with Crippen LogP contribution in [0.4, 0.5) is 0 Å². The van der Waals surface area contributed by atoms with E-state index in [-0.39, 0.29) is 11.5 Å². The van der Waals surface area contributed by atoms with Gasteiger partial charge < -0.3 is 9.88 Å². The summed E-state index contributed by atoms with van der Waals surface area (Å²) in [4.78, 5) is 36.7. The van der Waals surface area contributed by atoms with Crippen molar-refractivity contribution in [2.75, 3.05) is 13.1 Å². The van der Waals surface area contributed by atoms with Gasteiger partial charge in [0, 0.05) is 30.0 Å². The van der Waals surface area contributed by atoms with Crippen molar-refractivity contribution in [1.29, 1.82) is 0 Å². The van der Waals surface area contributed by atoms with Crippen molar-refractivity contribution in [2.24, 2.45) is 5.92 Å². The lowest BCUT2D eigenvalue weighted by Gasteiger charge is -2.21. The molecular weight excluding hydrogens is 358 g/mol. The van der Waals surface area contributed by atoms with Gasteiger partial charge in [-0.3, -0.25) is 9.59 Å². The number of thiophene rings is 1. The maximum atomic E-state index is 13.1. The van der Waals surface area contributed by atoms with Crippen molar-refractivity contribution in [3.8, 4) is 0 Å². The van der Waals surface area contributed by atoms with Gasteiger partial charge >= 0.3 is 0 Å². The first-order chi connectivity index (χ1) is 13.0. The monoisotopic (exact) mass is 385 g/mol. The summed E-state index contributed by atoms with van der Waals surface area (Å²) in [6.07, 6.45) is 7.23. The molecule has 2 aliphatic rings. The number of amides is 1. The van der Waals surface area contributed by atoms with Gasteiger partial charge in [0.25, 0.3) is 11.5 Å². The number of H-pyrrole nitrogens is 1. The second kappa shape index (κ2) is 7.58. The third-order valence-corrected chi connectivity index (χ3v) is 7.07. The number of hydrogen-bond acceptors (Lipinski definition) is 4. The number of aromatic amines is 1. The highest BCUT2D eigenvalue weighted by Gasteiger charge is 2.26. The Morgan fingerprint density at radius 1 is 1.33 bits per heavy atom. The third kappa shape index (κ3) is 3.72. The number of hydrogen-bond donors (Lipinski definition) is 1. The van der Waals surface area contributed by atoms with E-state index in [1.54, 1.807) is 18.3 Å². The minimum atomic E-state index is -0.0552. The molecule has 6 heteroatoms. The number of nitrogens with one attached hydrogen (secondary N) is 1. The molecule has 1 amide bonds. The molecule has 1 N–H and O–H groups in total. The van der Waals surface area contributed by atoms with Crippen molar-refractivity contribution < 1.29 is 4.79 Å². The second-order valence-electron chi connectivity index (χ2n) is 7.83. The maximum absolute atomic E-state index is 13.1. The molecular formula is C21H27N3O2S. The Bertz CT molecular complexity index is 915. The van der Waals surface area contributed by atoms with Crippen LogP contribution in [-0.4, -0.2) is 33.9 Å². The third-order valence-electron chi connectivity index (χ3n) is 5.85. The fourth-order valence-corrected chi connectivity index (χ4v) is 5.63. The SMILES string of the molecule is CCCC1CCc2sc(C(=O)N3CCc4nc(C)[nH]c(=O)c4CC3)cc2C1. The summed E-state index contributed by atoms with van der Waals surface area (Å²) in [5, 5.41) is 0. The number of carbonyl (C=O) groups excluding carboxylic acids is 1. The second-order valence-corrected chi connectivity index (χ2v) is 8.96. The van der Waals surface area contributed by atoms with Crippen LogP contribution >= 0.6 is 11.3 Å². The quantitative estimate of drug-likeness (QED) is 0.882. The highest BCUT2D eigenvalue weighted by Crippen LogP contribution is 2.34. The predicted molar refractivity (Wildman–Crippen MR) is 108 cm³/mol. The zero-order valence-corrected chi connectivity index (χ0v) is 17.0. The first-order valence-corrected chi connectivity index (χ1v) is 10.9. The molecule has 1 aliphatic carbocycles. The Labute approximate surface area is 163 Å². The molecule has 2 aromatic rings. The Kier molecular flexibility index (Phi) is 5.17. The summed E-state index contributed by atoms with van der Waals surface area (Å²) in [7, 11) is 0. The van der Waals surface area contributed by atoms with E-state index < -0.39 is 0 Å². The average molecular weight is 386 g/mol. The molecule has 1 unspecified atom stereocenters. The van der Waals surface area contributed by atoms with Crippen molar-refractivity contribution >= 4 is 17.2 Å². The maximum Gasteiger partial charge on any atom is 0.263 e. The van der Waals surface area contributed by atoms with E-state index in [0.717, 1.165) is 34.9 Å². The van der Waals surface area contributed by atoms with Gasteiger partial charge in [0.2, 0.25) is 0 Å². The number of nitrogens with zero attached hydrogens (tertiary/aromatic N) is 2. The summed E-state index contributed by atoms with van der Waals surface area (Å²) >= 11 is 1.68. The summed E-state index contributed by atoms with van der Waals surface area (Å²) < 4.78 is 0. The van der Waals surface area contributed by atoms with Crippen LogP contribution in [0.5, 0.6) is 0 Å². The highest BCUT2D eigenvalue weighted by atomic mass is 32.1. The molecule has 3 heterocycles. The van der Waals surface area contributed by atoms with Crippen LogP contribution in [-0.2, 0) is 25.7 Å². The van der Waals surface area contributed by atoms with Crippen LogP contribution in [0.1, 0.15) is 63.4 Å². The molecule has 0 bridgehead atoms. The predicted octanol–water partition coefficient (Wildman–Crippen LogP) is 3.29. The lowest BCUT2D eigenvalue weighted by molar-refractivity contribution is 0.0767. The van der Waals surface area contributed by atoms with Gasteiger partial charge in [-0.15, -0.1) is 11.3 Å². The van der Waals surface area contributed by atoms with Crippen LogP contribution in [0, 0.1) is 12.8 Å². The topological polar surface area (TPSA) is 66.1 Å². The lowest BCUT2D eigenvalue weighted by atomic mass is 9.85. The van der Waals surface area contributed by atoms with E-state index in [1.807, 2.05) is 4.90 Å². The molecule has 0 radical (unpaired) electrons. The first kappa shape index (κ1) is 18.4. The van der Waals surface area contributed by atoms with Crippen LogP contribution < -0.4 is 5.56 Å². The first-order valence-electron chi connectivity index (χ1n) is 10.0. The molecule has 27 heavy (non-hydrogen) atoms. The fourth-order valence-electron chi connectivity index (χ4n) is 4.45. The van der Waals surface area contributed by atoms with Crippen molar-refractivity contribution in [3.05, 3.63) is 48.8 Å². The highest BCUT2D eigenvalue weighted by molar-refractivity contribution is 7.14. The Morgan fingerprint density at radius 2 is 2.15 bits per heavy atom. The van der Waals surface area contributed by atoms with Crippen molar-refractivity contribution in [1.82, 2.24) is 14.9 Å². The van der Waals surface area contributed by atoms with Crippen LogP contribution in [0.2, 0.25) is 0 Å². The lowest BCUT2D eigenvalue weighted by Crippen LogP contribution is -2.33. The molecule has 5 nitrogen and oxygen atoms in total. The summed E-state index contributed by atoms with van der Waals surface area (Å²) in [5.41, 5.74) is 2.92. The summed E-state index contributed by atoms with van der Waals surface area (Å²) in [6, 6.07) is 2.14. The van der Waals surface area contributed by atoms with Crippen LogP contribution in [0.15, 0.2) is 10.9 Å². The minimum absolute atomic E-state index is 0.0552. The normalized spacial score (nSPS) is 19.3. The number of carbonyl (C=O) groups is 1. The van der Waals surface area contributed by atoms with Gasteiger partial charge in [0.05, 0.1) is 10.6 Å². The number of aromatic nitrogens is 2. The van der Waals surface area contributed by atoms with E-state index in [0.29, 0.717) is 31.8 Å². The van der Waals surface area contributed by atoms with Crippen LogP contribution in [0.3, 0.4) is 0 Å². The smallest absolute Gasteiger partial charge is 0.263 e. The fraction of sp³-hybridized carbons (Fsp3) is 0.571. The molecule has 144 valence electrons. The summed E-state index contributed by atoms with van der Waals surface area (Å²) in [5.74, 6) is 1.53. The minimum Gasteiger partial charge on any atom is -0.337 e. The summed E-state index contributed by atoms with van der Waals surface area (Å²) in [6.45, 7) is 5.26. The van der Waals surface area contributed by atoms with Crippen molar-refractivity contribution in [2.45, 2.75) is 58.8 Å². The zero-order valence-electron chi connectivity index (χ0n) is 16.1. The molecule has 0 aromatic carbocycles. The molecule has 1 atom stereocenters. The van der Waals surface area contributed by atoms with Crippen LogP contribution in [0.25, 0.3) is 0 Å². The zero-order chi connectivity index (χ0) is 19.0. The number of rotatable bonds is 3. The molecule has 4 rings (SSSR count). The van der Waals surface area contributed by atoms with Gasteiger partial charge in [-0.25, -0.2) is 4.98 Å². The number of aryl methyl sites for hydroxylation is 2. The standard InChI is InChI=1S/C21H27N3O2S/c1-3-4-14-5-6-18-15(11-14)12-19(27-18)21(26)24-9-7-16-17(8-10-24)22-13(2)23-20(16)25/h12,14H,3-11H2,1-2H3,(H,22,23,25). The average Bonchev–Trinajstić information content (AvgIpc) is 2.94. The van der Waals surface area contributed by atoms with E-state index in [1.165, 1.54) is 29.7 Å². The molecule has 1 aliphatic heterocycles. The Hall–Kier alpha value is -1.95. The largest absolute Gasteiger partial charge is 0.337 e. The van der Waals surface area contributed by atoms with Gasteiger partial charge in [-0.2, -0.15) is 0 Å². The van der Waals surface area contributed by atoms with E-state index in [9.17, 15) is 9.59 Å². The van der Waals surface area contributed by atoms with Crippen molar-refractivity contribution in [3.63, 3.8) is 0 Å². The molecule has 0 saturated heterocycles. The molecule has 0 fully saturated rings. The van der Waals surface area contributed by atoms with E-state index >= 15 is 0 Å². The molecule has 2 aromatic heterocycles. The van der Waals surface area contributed by atoms with Gasteiger partial charge in [0.1, 0.15) is 5.82 Å². The van der Waals surface area contributed by atoms with E-state index in [2.05, 4.69) is 23.0 Å². The van der Waals surface area contributed by atoms with Gasteiger partial charge in [-0.05, 0) is 50.2 Å². The van der Waals surface area contributed by atoms with Gasteiger partial charge in [0.15, 0.2) is 0 Å². The Balaban J connectivity index is 1.50. The molecule has 0 saturated carbocycles. The molecule has 0 spiro atoms. The Morgan fingerprint density at radius 3 is 2.96 bits per heavy atom. The number of fused-ring (bicyclic) bond motifs is 2. The van der Waals surface area contributed by atoms with Gasteiger partial charge in [-0.1, -0.05) is 19.8 Å².